The standard InChI is InChI=1S/C19H12ClN5O/c20-14-5-13-3-11(1-2-17(13)23-8-14)9-25-10-16(18(22)26)15-4-12(6-21)7-24-19(15)25/h1-5,7-8,10H,9H2,(H2,22,26). The van der Waals surface area contributed by atoms with Crippen LogP contribution in [0.5, 0.6) is 0 Å². The molecule has 2 N–H and O–H groups in total. The zero-order chi connectivity index (χ0) is 18.3. The average Bonchev–Trinajstić information content (AvgIpc) is 2.99. The average molecular weight is 362 g/mol. The second-order valence-electron chi connectivity index (χ2n) is 5.92. The molecule has 6 nitrogen and oxygen atoms in total. The topological polar surface area (TPSA) is 97.6 Å². The summed E-state index contributed by atoms with van der Waals surface area (Å²) in [6.45, 7) is 0.491. The molecule has 0 fully saturated rings. The van der Waals surface area contributed by atoms with E-state index in [-0.39, 0.29) is 0 Å². The molecule has 0 radical (unpaired) electrons. The van der Waals surface area contributed by atoms with E-state index in [0.717, 1.165) is 16.5 Å². The van der Waals surface area contributed by atoms with Gasteiger partial charge >= 0.3 is 0 Å². The molecule has 0 unspecified atom stereocenters. The van der Waals surface area contributed by atoms with Crippen molar-refractivity contribution in [3.63, 3.8) is 0 Å². The zero-order valence-electron chi connectivity index (χ0n) is 13.5. The Bertz CT molecular complexity index is 1220. The molecular weight excluding hydrogens is 350 g/mol. The fourth-order valence-electron chi connectivity index (χ4n) is 3.00. The highest BCUT2D eigenvalue weighted by Crippen LogP contribution is 2.23. The number of pyridine rings is 2. The number of aromatic nitrogens is 3. The lowest BCUT2D eigenvalue weighted by Gasteiger charge is -2.06. The first-order chi connectivity index (χ1) is 12.5. The lowest BCUT2D eigenvalue weighted by Crippen LogP contribution is -2.10. The highest BCUT2D eigenvalue weighted by molar-refractivity contribution is 6.31. The molecule has 1 amide bonds. The minimum absolute atomic E-state index is 0.343. The fraction of sp³-hybridized carbons (Fsp3) is 0.0526. The monoisotopic (exact) mass is 361 g/mol. The molecule has 0 aliphatic rings. The van der Waals surface area contributed by atoms with Crippen molar-refractivity contribution < 1.29 is 4.79 Å². The number of benzene rings is 1. The van der Waals surface area contributed by atoms with E-state index < -0.39 is 5.91 Å². The van der Waals surface area contributed by atoms with Crippen molar-refractivity contribution in [2.24, 2.45) is 5.73 Å². The Labute approximate surface area is 153 Å². The number of nitrogens with two attached hydrogens (primary N) is 1. The summed E-state index contributed by atoms with van der Waals surface area (Å²) < 4.78 is 1.84. The van der Waals surface area contributed by atoms with Crippen molar-refractivity contribution in [2.75, 3.05) is 0 Å². The van der Waals surface area contributed by atoms with Gasteiger partial charge < -0.3 is 10.3 Å². The SMILES string of the molecule is N#Cc1cnc2c(c1)c(C(N)=O)cn2Cc1ccc2ncc(Cl)cc2c1. The van der Waals surface area contributed by atoms with Gasteiger partial charge in [-0.05, 0) is 29.8 Å². The van der Waals surface area contributed by atoms with Gasteiger partial charge in [-0.2, -0.15) is 5.26 Å². The molecule has 3 heterocycles. The predicted octanol–water partition coefficient (Wildman–Crippen LogP) is 3.26. The van der Waals surface area contributed by atoms with Crippen LogP contribution in [-0.4, -0.2) is 20.4 Å². The van der Waals surface area contributed by atoms with E-state index in [1.807, 2.05) is 34.9 Å². The molecule has 7 heteroatoms. The highest BCUT2D eigenvalue weighted by Gasteiger charge is 2.15. The molecule has 0 bridgehead atoms. The summed E-state index contributed by atoms with van der Waals surface area (Å²) in [5.41, 5.74) is 8.66. The van der Waals surface area contributed by atoms with E-state index in [1.165, 1.54) is 6.20 Å². The van der Waals surface area contributed by atoms with E-state index >= 15 is 0 Å². The summed E-state index contributed by atoms with van der Waals surface area (Å²) in [4.78, 5) is 20.4. The Morgan fingerprint density at radius 1 is 1.23 bits per heavy atom. The Balaban J connectivity index is 1.82. The molecule has 0 atom stereocenters. The second kappa shape index (κ2) is 6.14. The smallest absolute Gasteiger partial charge is 0.250 e. The first-order valence-corrected chi connectivity index (χ1v) is 8.16. The van der Waals surface area contributed by atoms with Crippen LogP contribution in [-0.2, 0) is 6.54 Å². The molecule has 1 aromatic carbocycles. The van der Waals surface area contributed by atoms with E-state index in [4.69, 9.17) is 22.6 Å². The number of rotatable bonds is 3. The van der Waals surface area contributed by atoms with Crippen molar-refractivity contribution in [1.82, 2.24) is 14.5 Å². The maximum absolute atomic E-state index is 11.8. The third-order valence-electron chi connectivity index (χ3n) is 4.17. The fourth-order valence-corrected chi connectivity index (χ4v) is 3.16. The number of carbonyl (C=O) groups excluding carboxylic acids is 1. The quantitative estimate of drug-likeness (QED) is 0.605. The van der Waals surface area contributed by atoms with Crippen molar-refractivity contribution in [1.29, 1.82) is 5.26 Å². The van der Waals surface area contributed by atoms with E-state index in [0.29, 0.717) is 33.7 Å². The van der Waals surface area contributed by atoms with Crippen LogP contribution in [0.3, 0.4) is 0 Å². The molecule has 126 valence electrons. The third kappa shape index (κ3) is 2.75. The number of nitriles is 1. The molecule has 4 aromatic rings. The van der Waals surface area contributed by atoms with Gasteiger partial charge in [0.15, 0.2) is 0 Å². The van der Waals surface area contributed by atoms with Gasteiger partial charge in [0.25, 0.3) is 5.91 Å². The summed E-state index contributed by atoms with van der Waals surface area (Å²) in [5, 5.41) is 11.1. The van der Waals surface area contributed by atoms with Crippen LogP contribution in [0.1, 0.15) is 21.5 Å². The molecular formula is C19H12ClN5O. The van der Waals surface area contributed by atoms with Gasteiger partial charge in [-0.3, -0.25) is 9.78 Å². The lowest BCUT2D eigenvalue weighted by atomic mass is 10.1. The molecule has 0 aliphatic heterocycles. The number of primary amides is 1. The van der Waals surface area contributed by atoms with Crippen LogP contribution in [0.25, 0.3) is 21.9 Å². The van der Waals surface area contributed by atoms with Gasteiger partial charge in [0.1, 0.15) is 11.7 Å². The maximum Gasteiger partial charge on any atom is 0.250 e. The Kier molecular flexibility index (Phi) is 3.79. The van der Waals surface area contributed by atoms with Gasteiger partial charge in [-0.15, -0.1) is 0 Å². The van der Waals surface area contributed by atoms with Crippen LogP contribution in [0.15, 0.2) is 48.9 Å². The van der Waals surface area contributed by atoms with Crippen LogP contribution >= 0.6 is 11.6 Å². The number of hydrogen-bond donors (Lipinski definition) is 1. The molecule has 0 saturated heterocycles. The number of fused-ring (bicyclic) bond motifs is 2. The van der Waals surface area contributed by atoms with Crippen LogP contribution in [0.4, 0.5) is 0 Å². The molecule has 3 aromatic heterocycles. The van der Waals surface area contributed by atoms with E-state index in [1.54, 1.807) is 18.5 Å². The summed E-state index contributed by atoms with van der Waals surface area (Å²) in [5.74, 6) is -0.555. The van der Waals surface area contributed by atoms with Gasteiger partial charge in [0.2, 0.25) is 0 Å². The Morgan fingerprint density at radius 2 is 2.08 bits per heavy atom. The molecule has 26 heavy (non-hydrogen) atoms. The van der Waals surface area contributed by atoms with Gasteiger partial charge in [-0.1, -0.05) is 17.7 Å². The van der Waals surface area contributed by atoms with Crippen LogP contribution in [0, 0.1) is 11.3 Å². The number of nitrogens with zero attached hydrogens (tertiary/aromatic N) is 4. The highest BCUT2D eigenvalue weighted by atomic mass is 35.5. The van der Waals surface area contributed by atoms with Gasteiger partial charge in [-0.25, -0.2) is 4.98 Å². The number of hydrogen-bond acceptors (Lipinski definition) is 4. The lowest BCUT2D eigenvalue weighted by molar-refractivity contribution is 0.100. The zero-order valence-corrected chi connectivity index (χ0v) is 14.2. The van der Waals surface area contributed by atoms with Crippen molar-refractivity contribution in [2.45, 2.75) is 6.54 Å². The minimum Gasteiger partial charge on any atom is -0.366 e. The molecule has 4 rings (SSSR count). The summed E-state index contributed by atoms with van der Waals surface area (Å²) in [6.07, 6.45) is 4.76. The van der Waals surface area contributed by atoms with E-state index in [2.05, 4.69) is 9.97 Å². The van der Waals surface area contributed by atoms with Gasteiger partial charge in [0.05, 0.1) is 21.7 Å². The largest absolute Gasteiger partial charge is 0.366 e. The van der Waals surface area contributed by atoms with Crippen LogP contribution < -0.4 is 5.73 Å². The second-order valence-corrected chi connectivity index (χ2v) is 6.36. The summed E-state index contributed by atoms with van der Waals surface area (Å²) in [7, 11) is 0. The van der Waals surface area contributed by atoms with Crippen molar-refractivity contribution in [3.8, 4) is 6.07 Å². The number of amides is 1. The molecule has 0 saturated carbocycles. The normalized spacial score (nSPS) is 10.9. The number of carbonyl (C=O) groups is 1. The first kappa shape index (κ1) is 16.1. The predicted molar refractivity (Wildman–Crippen MR) is 98.8 cm³/mol. The van der Waals surface area contributed by atoms with Crippen molar-refractivity contribution in [3.05, 3.63) is 70.6 Å². The van der Waals surface area contributed by atoms with Crippen molar-refractivity contribution >= 4 is 39.4 Å². The van der Waals surface area contributed by atoms with Crippen LogP contribution in [0.2, 0.25) is 5.02 Å². The molecule has 0 spiro atoms. The Morgan fingerprint density at radius 3 is 2.85 bits per heavy atom. The summed E-state index contributed by atoms with van der Waals surface area (Å²) in [6, 6.07) is 11.4. The maximum atomic E-state index is 11.8. The molecule has 0 aliphatic carbocycles. The Hall–Kier alpha value is -3.43. The third-order valence-corrected chi connectivity index (χ3v) is 4.38. The summed E-state index contributed by atoms with van der Waals surface area (Å²) >= 11 is 6.02. The van der Waals surface area contributed by atoms with E-state index in [9.17, 15) is 4.79 Å². The first-order valence-electron chi connectivity index (χ1n) is 7.78. The number of halogens is 1. The van der Waals surface area contributed by atoms with Gasteiger partial charge in [0, 0.05) is 35.9 Å². The minimum atomic E-state index is -0.555.